The molecule has 19 heavy (non-hydrogen) atoms. The zero-order valence-corrected chi connectivity index (χ0v) is 12.5. The molecular weight excluding hydrogens is 270 g/mol. The van der Waals surface area contributed by atoms with Gasteiger partial charge >= 0.3 is 5.97 Å². The second-order valence-corrected chi connectivity index (χ2v) is 6.95. The summed E-state index contributed by atoms with van der Waals surface area (Å²) in [6, 6.07) is -1.38. The molecule has 112 valence electrons. The van der Waals surface area contributed by atoms with Crippen LogP contribution in [0.1, 0.15) is 46.5 Å². The maximum absolute atomic E-state index is 12.2. The molecule has 2 N–H and O–H groups in total. The van der Waals surface area contributed by atoms with Crippen LogP contribution in [0, 0.1) is 0 Å². The zero-order chi connectivity index (χ0) is 15.1. The summed E-state index contributed by atoms with van der Waals surface area (Å²) in [6.45, 7) is 4.94. The SMILES string of the molecule is CCCC(CCC)S(=O)(=O)C[C@@H](NC(C)=O)C(=O)O. The van der Waals surface area contributed by atoms with Gasteiger partial charge in [0.1, 0.15) is 6.04 Å². The Hall–Kier alpha value is -1.11. The number of hydrogen-bond donors (Lipinski definition) is 2. The Morgan fingerprint density at radius 2 is 1.63 bits per heavy atom. The number of amides is 1. The fourth-order valence-corrected chi connectivity index (χ4v) is 4.09. The van der Waals surface area contributed by atoms with E-state index in [1.807, 2.05) is 13.8 Å². The van der Waals surface area contributed by atoms with Crippen molar-refractivity contribution in [2.75, 3.05) is 5.75 Å². The van der Waals surface area contributed by atoms with Gasteiger partial charge in [0.2, 0.25) is 5.91 Å². The molecule has 0 spiro atoms. The number of sulfone groups is 1. The second kappa shape index (κ2) is 8.14. The van der Waals surface area contributed by atoms with Crippen molar-refractivity contribution in [3.63, 3.8) is 0 Å². The molecule has 1 atom stereocenters. The summed E-state index contributed by atoms with van der Waals surface area (Å²) in [6.07, 6.45) is 2.48. The third-order valence-electron chi connectivity index (χ3n) is 2.80. The summed E-state index contributed by atoms with van der Waals surface area (Å²) in [5.74, 6) is -2.43. The molecule has 0 heterocycles. The first-order valence-corrected chi connectivity index (χ1v) is 8.17. The molecule has 1 amide bonds. The minimum absolute atomic E-state index is 0.516. The van der Waals surface area contributed by atoms with Gasteiger partial charge in [-0.1, -0.05) is 26.7 Å². The van der Waals surface area contributed by atoms with Gasteiger partial charge in [-0.25, -0.2) is 13.2 Å². The van der Waals surface area contributed by atoms with E-state index in [0.29, 0.717) is 12.8 Å². The van der Waals surface area contributed by atoms with Gasteiger partial charge in [0.25, 0.3) is 0 Å². The lowest BCUT2D eigenvalue weighted by Crippen LogP contribution is -2.46. The number of aliphatic carboxylic acids is 1. The van der Waals surface area contributed by atoms with Crippen LogP contribution in [0.5, 0.6) is 0 Å². The highest BCUT2D eigenvalue weighted by atomic mass is 32.2. The molecule has 0 aliphatic heterocycles. The van der Waals surface area contributed by atoms with Crippen molar-refractivity contribution in [3.05, 3.63) is 0 Å². The highest BCUT2D eigenvalue weighted by Gasteiger charge is 2.31. The molecule has 0 aromatic heterocycles. The maximum atomic E-state index is 12.2. The third kappa shape index (κ3) is 6.56. The first-order valence-electron chi connectivity index (χ1n) is 6.46. The van der Waals surface area contributed by atoms with Crippen LogP contribution in [-0.4, -0.2) is 42.4 Å². The topological polar surface area (TPSA) is 101 Å². The average Bonchev–Trinajstić information content (AvgIpc) is 2.26. The van der Waals surface area contributed by atoms with Crippen molar-refractivity contribution in [2.45, 2.75) is 57.7 Å². The highest BCUT2D eigenvalue weighted by molar-refractivity contribution is 7.92. The van der Waals surface area contributed by atoms with E-state index in [9.17, 15) is 18.0 Å². The van der Waals surface area contributed by atoms with E-state index in [2.05, 4.69) is 5.32 Å². The minimum atomic E-state index is -3.53. The lowest BCUT2D eigenvalue weighted by Gasteiger charge is -2.19. The number of carbonyl (C=O) groups excluding carboxylic acids is 1. The summed E-state index contributed by atoms with van der Waals surface area (Å²) in [7, 11) is -3.53. The molecule has 0 radical (unpaired) electrons. The van der Waals surface area contributed by atoms with Crippen molar-refractivity contribution in [3.8, 4) is 0 Å². The lowest BCUT2D eigenvalue weighted by atomic mass is 10.2. The summed E-state index contributed by atoms with van der Waals surface area (Å²) < 4.78 is 24.4. The fraction of sp³-hybridized carbons (Fsp3) is 0.833. The van der Waals surface area contributed by atoms with E-state index in [-0.39, 0.29) is 0 Å². The Labute approximate surface area is 114 Å². The molecule has 0 bridgehead atoms. The number of carbonyl (C=O) groups is 2. The summed E-state index contributed by atoms with van der Waals surface area (Å²) in [5, 5.41) is 10.6. The first-order chi connectivity index (χ1) is 8.74. The molecule has 0 unspecified atom stereocenters. The first kappa shape index (κ1) is 17.9. The average molecular weight is 293 g/mol. The molecule has 7 heteroatoms. The maximum Gasteiger partial charge on any atom is 0.327 e. The molecule has 0 aliphatic carbocycles. The zero-order valence-electron chi connectivity index (χ0n) is 11.7. The van der Waals surface area contributed by atoms with Crippen molar-refractivity contribution in [1.29, 1.82) is 0 Å². The predicted octanol–water partition coefficient (Wildman–Crippen LogP) is 0.959. The summed E-state index contributed by atoms with van der Waals surface area (Å²) in [5.41, 5.74) is 0. The molecule has 0 rings (SSSR count). The van der Waals surface area contributed by atoms with E-state index in [0.717, 1.165) is 19.8 Å². The van der Waals surface area contributed by atoms with Crippen LogP contribution >= 0.6 is 0 Å². The van der Waals surface area contributed by atoms with Gasteiger partial charge < -0.3 is 10.4 Å². The number of carboxylic acids is 1. The highest BCUT2D eigenvalue weighted by Crippen LogP contribution is 2.16. The normalized spacial score (nSPS) is 13.3. The number of carboxylic acid groups (broad SMARTS) is 1. The van der Waals surface area contributed by atoms with E-state index < -0.39 is 38.8 Å². The molecule has 0 aromatic carbocycles. The quantitative estimate of drug-likeness (QED) is 0.659. The summed E-state index contributed by atoms with van der Waals surface area (Å²) in [4.78, 5) is 21.9. The van der Waals surface area contributed by atoms with Gasteiger partial charge in [0.05, 0.1) is 11.0 Å². The Balaban J connectivity index is 4.95. The van der Waals surface area contributed by atoms with Crippen LogP contribution < -0.4 is 5.32 Å². The lowest BCUT2D eigenvalue weighted by molar-refractivity contribution is -0.140. The summed E-state index contributed by atoms with van der Waals surface area (Å²) >= 11 is 0. The van der Waals surface area contributed by atoms with Crippen LogP contribution in [0.15, 0.2) is 0 Å². The van der Waals surface area contributed by atoms with Crippen LogP contribution in [0.25, 0.3) is 0 Å². The molecule has 6 nitrogen and oxygen atoms in total. The van der Waals surface area contributed by atoms with Gasteiger partial charge in [-0.2, -0.15) is 0 Å². The van der Waals surface area contributed by atoms with Crippen LogP contribution in [0.4, 0.5) is 0 Å². The van der Waals surface area contributed by atoms with Gasteiger partial charge in [-0.05, 0) is 12.8 Å². The van der Waals surface area contributed by atoms with Crippen molar-refractivity contribution >= 4 is 21.7 Å². The van der Waals surface area contributed by atoms with E-state index in [1.54, 1.807) is 0 Å². The molecule has 0 aliphatic rings. The Bertz CT molecular complexity index is 398. The van der Waals surface area contributed by atoms with Crippen LogP contribution in [0.3, 0.4) is 0 Å². The van der Waals surface area contributed by atoms with Gasteiger partial charge in [-0.3, -0.25) is 4.79 Å². The third-order valence-corrected chi connectivity index (χ3v) is 5.09. The molecule has 0 saturated heterocycles. The van der Waals surface area contributed by atoms with Crippen molar-refractivity contribution in [1.82, 2.24) is 5.32 Å². The van der Waals surface area contributed by atoms with E-state index in [4.69, 9.17) is 5.11 Å². The van der Waals surface area contributed by atoms with E-state index >= 15 is 0 Å². The molecule has 0 fully saturated rings. The standard InChI is InChI=1S/C12H23NO5S/c1-4-6-10(7-5-2)19(17,18)8-11(12(15)16)13-9(3)14/h10-11H,4-8H2,1-3H3,(H,13,14)(H,15,16)/t11-/m1/s1. The number of rotatable bonds is 9. The number of hydrogen-bond acceptors (Lipinski definition) is 4. The van der Waals surface area contributed by atoms with Crippen molar-refractivity contribution in [2.24, 2.45) is 0 Å². The Morgan fingerprint density at radius 3 is 1.95 bits per heavy atom. The smallest absolute Gasteiger partial charge is 0.327 e. The molecular formula is C12H23NO5S. The molecule has 0 saturated carbocycles. The fourth-order valence-electron chi connectivity index (χ4n) is 1.94. The minimum Gasteiger partial charge on any atom is -0.480 e. The van der Waals surface area contributed by atoms with E-state index in [1.165, 1.54) is 0 Å². The second-order valence-electron chi connectivity index (χ2n) is 4.62. The Morgan fingerprint density at radius 1 is 1.16 bits per heavy atom. The number of nitrogens with one attached hydrogen (secondary N) is 1. The van der Waals surface area contributed by atoms with Gasteiger partial charge in [-0.15, -0.1) is 0 Å². The van der Waals surface area contributed by atoms with Crippen LogP contribution in [-0.2, 0) is 19.4 Å². The Kier molecular flexibility index (Phi) is 7.66. The predicted molar refractivity (Wildman–Crippen MR) is 72.6 cm³/mol. The van der Waals surface area contributed by atoms with Crippen molar-refractivity contribution < 1.29 is 23.1 Å². The largest absolute Gasteiger partial charge is 0.480 e. The van der Waals surface area contributed by atoms with Gasteiger partial charge in [0.15, 0.2) is 9.84 Å². The monoisotopic (exact) mass is 293 g/mol. The van der Waals surface area contributed by atoms with Gasteiger partial charge in [0, 0.05) is 6.92 Å². The molecule has 0 aromatic rings. The van der Waals surface area contributed by atoms with Crippen LogP contribution in [0.2, 0.25) is 0 Å².